The van der Waals surface area contributed by atoms with Crippen LogP contribution in [0.4, 0.5) is 4.39 Å². The van der Waals surface area contributed by atoms with Gasteiger partial charge in [-0.1, -0.05) is 35.6 Å². The number of esters is 1. The number of nitrogens with zero attached hydrogens (tertiary/aromatic N) is 2. The number of hydrogen-bond donors (Lipinski definition) is 0. The predicted molar refractivity (Wildman–Crippen MR) is 173 cm³/mol. The van der Waals surface area contributed by atoms with Crippen LogP contribution in [0.2, 0.25) is 0 Å². The molecular weight excluding hydrogens is 719 g/mol. The van der Waals surface area contributed by atoms with Gasteiger partial charge in [-0.15, -0.1) is 0 Å². The zero-order valence-corrected chi connectivity index (χ0v) is 28.1. The standard InChI is InChI=1S/C32H27Br2FN2O6S/c1-5-42-31(39)27-17(2)36-32-37(28(27)19-10-11-24(40-3)21(33)15-19)30(38)26(44-32)14-18-12-22(34)29(25(13-18)41-4)43-16-20-8-6-7-9-23(20)35/h6-15,28H,5,16H2,1-4H3/b26-14+/t28-/m1/s1. The zero-order valence-electron chi connectivity index (χ0n) is 24.2. The predicted octanol–water partition coefficient (Wildman–Crippen LogP) is 6.06. The van der Waals surface area contributed by atoms with E-state index in [0.29, 0.717) is 57.9 Å². The summed E-state index contributed by atoms with van der Waals surface area (Å²) in [6.45, 7) is 3.64. The Hall–Kier alpha value is -3.74. The average molecular weight is 746 g/mol. The van der Waals surface area contributed by atoms with Crippen molar-refractivity contribution in [3.63, 3.8) is 0 Å². The van der Waals surface area contributed by atoms with Gasteiger partial charge in [-0.05, 0) is 93.2 Å². The van der Waals surface area contributed by atoms with Crippen LogP contribution in [-0.2, 0) is 16.1 Å². The molecule has 0 bridgehead atoms. The Morgan fingerprint density at radius 2 is 1.82 bits per heavy atom. The molecule has 0 unspecified atom stereocenters. The molecule has 4 aromatic rings. The van der Waals surface area contributed by atoms with Crippen LogP contribution in [0.3, 0.4) is 0 Å². The Balaban J connectivity index is 1.59. The molecule has 1 aliphatic heterocycles. The zero-order chi connectivity index (χ0) is 31.5. The number of thiazole rings is 1. The van der Waals surface area contributed by atoms with E-state index < -0.39 is 12.0 Å². The summed E-state index contributed by atoms with van der Waals surface area (Å²) in [5.41, 5.74) is 2.17. The Kier molecular flexibility index (Phi) is 9.72. The first kappa shape index (κ1) is 31.7. The van der Waals surface area contributed by atoms with Gasteiger partial charge in [0.15, 0.2) is 16.3 Å². The lowest BCUT2D eigenvalue weighted by Crippen LogP contribution is -2.40. The molecule has 0 saturated heterocycles. The summed E-state index contributed by atoms with van der Waals surface area (Å²) in [5.74, 6) is 0.501. The second kappa shape index (κ2) is 13.5. The van der Waals surface area contributed by atoms with Gasteiger partial charge in [-0.2, -0.15) is 0 Å². The smallest absolute Gasteiger partial charge is 0.338 e. The second-order valence-electron chi connectivity index (χ2n) is 9.61. The van der Waals surface area contributed by atoms with Gasteiger partial charge >= 0.3 is 5.97 Å². The van der Waals surface area contributed by atoms with Gasteiger partial charge < -0.3 is 18.9 Å². The number of carbonyl (C=O) groups is 1. The van der Waals surface area contributed by atoms with Crippen molar-refractivity contribution in [3.8, 4) is 17.2 Å². The average Bonchev–Trinajstić information content (AvgIpc) is 3.30. The summed E-state index contributed by atoms with van der Waals surface area (Å²) in [7, 11) is 3.06. The van der Waals surface area contributed by atoms with E-state index in [1.807, 2.05) is 12.1 Å². The van der Waals surface area contributed by atoms with Crippen molar-refractivity contribution >= 4 is 55.2 Å². The van der Waals surface area contributed by atoms with Gasteiger partial charge in [-0.3, -0.25) is 9.36 Å². The molecule has 0 saturated carbocycles. The van der Waals surface area contributed by atoms with E-state index in [1.165, 1.54) is 29.1 Å². The number of benzene rings is 3. The van der Waals surface area contributed by atoms with E-state index in [0.717, 1.165) is 0 Å². The molecule has 3 aromatic carbocycles. The van der Waals surface area contributed by atoms with Crippen LogP contribution in [0.25, 0.3) is 6.08 Å². The van der Waals surface area contributed by atoms with Crippen molar-refractivity contribution in [1.82, 2.24) is 4.57 Å². The summed E-state index contributed by atoms with van der Waals surface area (Å²) in [6, 6.07) is 14.5. The second-order valence-corrected chi connectivity index (χ2v) is 12.3. The highest BCUT2D eigenvalue weighted by Crippen LogP contribution is 2.38. The summed E-state index contributed by atoms with van der Waals surface area (Å²) >= 11 is 8.26. The summed E-state index contributed by atoms with van der Waals surface area (Å²) in [5, 5.41) is 0. The van der Waals surface area contributed by atoms with E-state index in [-0.39, 0.29) is 30.2 Å². The number of ether oxygens (including phenoxy) is 4. The summed E-state index contributed by atoms with van der Waals surface area (Å²) in [6.07, 6.45) is 1.72. The van der Waals surface area contributed by atoms with Crippen molar-refractivity contribution in [2.45, 2.75) is 26.5 Å². The molecule has 0 N–H and O–H groups in total. The van der Waals surface area contributed by atoms with Crippen LogP contribution in [-0.4, -0.2) is 31.4 Å². The molecule has 1 atom stereocenters. The molecule has 1 aromatic heterocycles. The van der Waals surface area contributed by atoms with Crippen molar-refractivity contribution in [3.05, 3.63) is 117 Å². The Morgan fingerprint density at radius 3 is 2.50 bits per heavy atom. The van der Waals surface area contributed by atoms with E-state index in [2.05, 4.69) is 36.9 Å². The highest BCUT2D eigenvalue weighted by molar-refractivity contribution is 9.11. The maximum Gasteiger partial charge on any atom is 0.338 e. The van der Waals surface area contributed by atoms with Gasteiger partial charge in [0.25, 0.3) is 5.56 Å². The fourth-order valence-corrected chi connectivity index (χ4v) is 7.02. The van der Waals surface area contributed by atoms with Gasteiger partial charge in [0.1, 0.15) is 18.2 Å². The first-order valence-electron chi connectivity index (χ1n) is 13.4. The number of carbonyl (C=O) groups excluding carboxylic acids is 1. The highest BCUT2D eigenvalue weighted by Gasteiger charge is 2.33. The van der Waals surface area contributed by atoms with Crippen LogP contribution in [0.5, 0.6) is 17.2 Å². The number of aromatic nitrogens is 1. The van der Waals surface area contributed by atoms with E-state index in [4.69, 9.17) is 18.9 Å². The third-order valence-electron chi connectivity index (χ3n) is 6.89. The number of rotatable bonds is 9. The van der Waals surface area contributed by atoms with Crippen LogP contribution >= 0.6 is 43.2 Å². The fraction of sp³-hybridized carbons (Fsp3) is 0.219. The SMILES string of the molecule is CCOC(=O)C1=C(C)N=c2s/c(=C/c3cc(Br)c(OCc4ccccc4F)c(OC)c3)c(=O)n2[C@@H]1c1ccc(OC)c(Br)c1. The maximum absolute atomic E-state index is 14.1. The lowest BCUT2D eigenvalue weighted by molar-refractivity contribution is -0.139. The van der Waals surface area contributed by atoms with Crippen LogP contribution in [0.15, 0.2) is 84.6 Å². The third kappa shape index (κ3) is 6.24. The minimum atomic E-state index is -0.773. The van der Waals surface area contributed by atoms with Crippen molar-refractivity contribution in [2.24, 2.45) is 4.99 Å². The third-order valence-corrected chi connectivity index (χ3v) is 9.08. The summed E-state index contributed by atoms with van der Waals surface area (Å²) in [4.78, 5) is 32.3. The molecule has 8 nitrogen and oxygen atoms in total. The lowest BCUT2D eigenvalue weighted by Gasteiger charge is -2.25. The highest BCUT2D eigenvalue weighted by atomic mass is 79.9. The fourth-order valence-electron chi connectivity index (χ4n) is 4.84. The number of allylic oxidation sites excluding steroid dienone is 1. The number of fused-ring (bicyclic) bond motifs is 1. The number of methoxy groups -OCH3 is 2. The van der Waals surface area contributed by atoms with Gasteiger partial charge in [0.2, 0.25) is 0 Å². The van der Waals surface area contributed by atoms with Gasteiger partial charge in [-0.25, -0.2) is 14.2 Å². The van der Waals surface area contributed by atoms with E-state index in [1.54, 1.807) is 63.4 Å². The molecule has 0 aliphatic carbocycles. The molecule has 0 amide bonds. The monoisotopic (exact) mass is 744 g/mol. The Bertz CT molecular complexity index is 1970. The maximum atomic E-state index is 14.1. The van der Waals surface area contributed by atoms with Crippen molar-refractivity contribution in [2.75, 3.05) is 20.8 Å². The molecule has 0 radical (unpaired) electrons. The Labute approximate surface area is 273 Å². The molecule has 2 heterocycles. The van der Waals surface area contributed by atoms with Crippen LogP contribution in [0, 0.1) is 5.82 Å². The minimum Gasteiger partial charge on any atom is -0.496 e. The van der Waals surface area contributed by atoms with Crippen molar-refractivity contribution in [1.29, 1.82) is 0 Å². The lowest BCUT2D eigenvalue weighted by atomic mass is 9.96. The van der Waals surface area contributed by atoms with Gasteiger partial charge in [0, 0.05) is 5.56 Å². The first-order valence-corrected chi connectivity index (χ1v) is 15.8. The van der Waals surface area contributed by atoms with Crippen LogP contribution < -0.4 is 29.1 Å². The van der Waals surface area contributed by atoms with Crippen LogP contribution in [0.1, 0.15) is 36.6 Å². The van der Waals surface area contributed by atoms with E-state index in [9.17, 15) is 14.0 Å². The first-order chi connectivity index (χ1) is 21.2. The van der Waals surface area contributed by atoms with Gasteiger partial charge in [0.05, 0.1) is 51.6 Å². The largest absolute Gasteiger partial charge is 0.496 e. The Morgan fingerprint density at radius 1 is 1.07 bits per heavy atom. The molecular formula is C32H27Br2FN2O6S. The molecule has 0 spiro atoms. The molecule has 1 aliphatic rings. The molecule has 228 valence electrons. The molecule has 12 heteroatoms. The molecule has 5 rings (SSSR count). The quantitative estimate of drug-likeness (QED) is 0.194. The normalized spacial score (nSPS) is 14.6. The molecule has 44 heavy (non-hydrogen) atoms. The van der Waals surface area contributed by atoms with Crippen molar-refractivity contribution < 1.29 is 28.1 Å². The summed E-state index contributed by atoms with van der Waals surface area (Å²) < 4.78 is 39.5. The minimum absolute atomic E-state index is 0.00318. The molecule has 0 fully saturated rings. The topological polar surface area (TPSA) is 88.4 Å². The van der Waals surface area contributed by atoms with E-state index >= 15 is 0 Å². The number of halogens is 3. The number of hydrogen-bond acceptors (Lipinski definition) is 8.